The minimum Gasteiger partial charge on any atom is -0.467 e. The standard InChI is InChI=1S/C18H18ClF2NO2/c1-11(12-3-4-16(20)17(21)7-12)22(2)8-13-5-15(19)6-14-9-23-10-24-18(13)14/h3-7,11H,8-10H2,1-2H3/t11-/m1/s1. The smallest absolute Gasteiger partial charge is 0.189 e. The second-order valence-corrected chi connectivity index (χ2v) is 6.36. The van der Waals surface area contributed by atoms with Crippen LogP contribution in [0.3, 0.4) is 0 Å². The third-order valence-corrected chi connectivity index (χ3v) is 4.48. The summed E-state index contributed by atoms with van der Waals surface area (Å²) in [6, 6.07) is 7.57. The second-order valence-electron chi connectivity index (χ2n) is 5.93. The van der Waals surface area contributed by atoms with Crippen LogP contribution in [0.4, 0.5) is 8.78 Å². The van der Waals surface area contributed by atoms with Gasteiger partial charge in [0.15, 0.2) is 18.4 Å². The number of benzene rings is 2. The third kappa shape index (κ3) is 3.53. The summed E-state index contributed by atoms with van der Waals surface area (Å²) in [6.07, 6.45) is 0. The minimum absolute atomic E-state index is 0.102. The molecule has 1 heterocycles. The van der Waals surface area contributed by atoms with E-state index in [4.69, 9.17) is 21.1 Å². The van der Waals surface area contributed by atoms with Crippen molar-refractivity contribution in [1.29, 1.82) is 0 Å². The molecule has 1 atom stereocenters. The van der Waals surface area contributed by atoms with Gasteiger partial charge in [-0.05, 0) is 43.8 Å². The van der Waals surface area contributed by atoms with Crippen molar-refractivity contribution in [2.45, 2.75) is 26.1 Å². The Labute approximate surface area is 144 Å². The zero-order valence-electron chi connectivity index (χ0n) is 13.5. The Kier molecular flexibility index (Phi) is 5.04. The van der Waals surface area contributed by atoms with Crippen molar-refractivity contribution < 1.29 is 18.3 Å². The molecule has 0 radical (unpaired) electrons. The fourth-order valence-corrected chi connectivity index (χ4v) is 3.07. The van der Waals surface area contributed by atoms with Gasteiger partial charge in [-0.2, -0.15) is 0 Å². The minimum atomic E-state index is -0.842. The predicted molar refractivity (Wildman–Crippen MR) is 88.0 cm³/mol. The molecule has 6 heteroatoms. The van der Waals surface area contributed by atoms with Crippen molar-refractivity contribution in [2.75, 3.05) is 13.8 Å². The van der Waals surface area contributed by atoms with Crippen LogP contribution in [0.1, 0.15) is 29.7 Å². The molecule has 0 aliphatic carbocycles. The first-order valence-electron chi connectivity index (χ1n) is 7.62. The maximum Gasteiger partial charge on any atom is 0.189 e. The average Bonchev–Trinajstić information content (AvgIpc) is 2.56. The van der Waals surface area contributed by atoms with Gasteiger partial charge >= 0.3 is 0 Å². The molecular weight excluding hydrogens is 336 g/mol. The lowest BCUT2D eigenvalue weighted by molar-refractivity contribution is -0.0175. The molecule has 0 unspecified atom stereocenters. The highest BCUT2D eigenvalue weighted by Crippen LogP contribution is 2.33. The molecule has 1 aliphatic heterocycles. The zero-order chi connectivity index (χ0) is 17.3. The molecule has 0 aromatic heterocycles. The number of ether oxygens (including phenoxy) is 2. The van der Waals surface area contributed by atoms with E-state index in [1.54, 1.807) is 6.07 Å². The summed E-state index contributed by atoms with van der Waals surface area (Å²) < 4.78 is 37.5. The van der Waals surface area contributed by atoms with E-state index in [-0.39, 0.29) is 12.8 Å². The van der Waals surface area contributed by atoms with Crippen LogP contribution < -0.4 is 4.74 Å². The normalized spacial score (nSPS) is 15.1. The van der Waals surface area contributed by atoms with Gasteiger partial charge in [0, 0.05) is 28.7 Å². The first-order valence-corrected chi connectivity index (χ1v) is 8.00. The molecule has 128 valence electrons. The van der Waals surface area contributed by atoms with Gasteiger partial charge in [-0.1, -0.05) is 17.7 Å². The van der Waals surface area contributed by atoms with Gasteiger partial charge in [0.25, 0.3) is 0 Å². The Hall–Kier alpha value is -1.69. The lowest BCUT2D eigenvalue weighted by Crippen LogP contribution is -2.23. The molecule has 0 fully saturated rings. The average molecular weight is 354 g/mol. The van der Waals surface area contributed by atoms with Crippen molar-refractivity contribution in [3.05, 3.63) is 63.7 Å². The Morgan fingerprint density at radius 3 is 2.75 bits per heavy atom. The SMILES string of the molecule is C[C@H](c1ccc(F)c(F)c1)N(C)Cc1cc(Cl)cc2c1OCOC2. The van der Waals surface area contributed by atoms with Gasteiger partial charge in [-0.3, -0.25) is 4.90 Å². The van der Waals surface area contributed by atoms with E-state index in [0.29, 0.717) is 23.7 Å². The van der Waals surface area contributed by atoms with Crippen molar-refractivity contribution in [3.8, 4) is 5.75 Å². The van der Waals surface area contributed by atoms with Gasteiger partial charge in [0.1, 0.15) is 5.75 Å². The summed E-state index contributed by atoms with van der Waals surface area (Å²) in [5.74, 6) is -0.894. The molecule has 0 N–H and O–H groups in total. The number of nitrogens with zero attached hydrogens (tertiary/aromatic N) is 1. The highest BCUT2D eigenvalue weighted by atomic mass is 35.5. The molecule has 3 rings (SSSR count). The van der Waals surface area contributed by atoms with Crippen LogP contribution in [0.2, 0.25) is 5.02 Å². The molecule has 2 aromatic rings. The summed E-state index contributed by atoms with van der Waals surface area (Å²) in [5, 5.41) is 0.617. The van der Waals surface area contributed by atoms with Crippen molar-refractivity contribution in [3.63, 3.8) is 0 Å². The molecule has 1 aliphatic rings. The first-order chi connectivity index (χ1) is 11.5. The maximum atomic E-state index is 13.5. The Morgan fingerprint density at radius 2 is 2.00 bits per heavy atom. The molecule has 24 heavy (non-hydrogen) atoms. The molecule has 0 saturated carbocycles. The van der Waals surface area contributed by atoms with E-state index in [1.807, 2.05) is 31.0 Å². The van der Waals surface area contributed by atoms with Crippen LogP contribution >= 0.6 is 11.6 Å². The fraction of sp³-hybridized carbons (Fsp3) is 0.333. The molecule has 0 amide bonds. The van der Waals surface area contributed by atoms with Crippen molar-refractivity contribution in [2.24, 2.45) is 0 Å². The van der Waals surface area contributed by atoms with E-state index in [1.165, 1.54) is 6.07 Å². The van der Waals surface area contributed by atoms with Gasteiger partial charge in [-0.25, -0.2) is 8.78 Å². The van der Waals surface area contributed by atoms with Crippen LogP contribution in [0, 0.1) is 11.6 Å². The first kappa shape index (κ1) is 17.1. The van der Waals surface area contributed by atoms with Gasteiger partial charge in [0.05, 0.1) is 6.61 Å². The second kappa shape index (κ2) is 7.05. The van der Waals surface area contributed by atoms with Gasteiger partial charge < -0.3 is 9.47 Å². The van der Waals surface area contributed by atoms with Gasteiger partial charge in [0.2, 0.25) is 0 Å². The topological polar surface area (TPSA) is 21.7 Å². The van der Waals surface area contributed by atoms with Crippen LogP contribution in [-0.4, -0.2) is 18.7 Å². The van der Waals surface area contributed by atoms with Crippen molar-refractivity contribution >= 4 is 11.6 Å². The van der Waals surface area contributed by atoms with Crippen molar-refractivity contribution in [1.82, 2.24) is 4.90 Å². The number of hydrogen-bond donors (Lipinski definition) is 0. The van der Waals surface area contributed by atoms with Gasteiger partial charge in [-0.15, -0.1) is 0 Å². The van der Waals surface area contributed by atoms with Crippen LogP contribution in [-0.2, 0) is 17.9 Å². The van der Waals surface area contributed by atoms with Crippen LogP contribution in [0.5, 0.6) is 5.75 Å². The molecular formula is C18H18ClF2NO2. The Balaban J connectivity index is 1.82. The number of fused-ring (bicyclic) bond motifs is 1. The summed E-state index contributed by atoms with van der Waals surface area (Å²) >= 11 is 6.18. The summed E-state index contributed by atoms with van der Waals surface area (Å²) in [7, 11) is 1.92. The molecule has 0 spiro atoms. The molecule has 2 aromatic carbocycles. The fourth-order valence-electron chi connectivity index (χ4n) is 2.81. The highest BCUT2D eigenvalue weighted by molar-refractivity contribution is 6.30. The molecule has 3 nitrogen and oxygen atoms in total. The number of halogens is 3. The molecule has 0 saturated heterocycles. The summed E-state index contributed by atoms with van der Waals surface area (Å²) in [5.41, 5.74) is 2.56. The Bertz CT molecular complexity index is 754. The number of rotatable bonds is 4. The van der Waals surface area contributed by atoms with E-state index >= 15 is 0 Å². The van der Waals surface area contributed by atoms with E-state index < -0.39 is 11.6 Å². The summed E-state index contributed by atoms with van der Waals surface area (Å²) in [4.78, 5) is 2.03. The third-order valence-electron chi connectivity index (χ3n) is 4.26. The van der Waals surface area contributed by atoms with Crippen LogP contribution in [0.25, 0.3) is 0 Å². The van der Waals surface area contributed by atoms with Crippen LogP contribution in [0.15, 0.2) is 30.3 Å². The van der Waals surface area contributed by atoms with E-state index in [2.05, 4.69) is 0 Å². The number of hydrogen-bond acceptors (Lipinski definition) is 3. The quantitative estimate of drug-likeness (QED) is 0.796. The predicted octanol–water partition coefficient (Wildman–Crippen LogP) is 4.68. The van der Waals surface area contributed by atoms with E-state index in [9.17, 15) is 8.78 Å². The maximum absolute atomic E-state index is 13.5. The van der Waals surface area contributed by atoms with E-state index in [0.717, 1.165) is 22.9 Å². The summed E-state index contributed by atoms with van der Waals surface area (Å²) in [6.45, 7) is 3.17. The monoisotopic (exact) mass is 353 g/mol. The zero-order valence-corrected chi connectivity index (χ0v) is 14.2. The largest absolute Gasteiger partial charge is 0.467 e. The highest BCUT2D eigenvalue weighted by Gasteiger charge is 2.20. The lowest BCUT2D eigenvalue weighted by Gasteiger charge is -2.28. The lowest BCUT2D eigenvalue weighted by atomic mass is 10.0. The Morgan fingerprint density at radius 1 is 1.21 bits per heavy atom. The molecule has 0 bridgehead atoms.